The largest absolute Gasteiger partial charge is 0.591 e. The van der Waals surface area contributed by atoms with Crippen molar-refractivity contribution < 1.29 is 8.94 Å². The molecule has 0 amide bonds. The first-order valence-electron chi connectivity index (χ1n) is 5.01. The summed E-state index contributed by atoms with van der Waals surface area (Å²) in [6, 6.07) is 2.80. The monoisotopic (exact) mass is 320 g/mol. The molecule has 0 saturated heterocycles. The minimum absolute atomic E-state index is 0.122. The first-order chi connectivity index (χ1) is 7.71. The summed E-state index contributed by atoms with van der Waals surface area (Å²) >= 11 is 1.74. The highest BCUT2D eigenvalue weighted by Crippen LogP contribution is 2.19. The van der Waals surface area contributed by atoms with E-state index in [-0.39, 0.29) is 5.69 Å². The van der Waals surface area contributed by atoms with E-state index < -0.39 is 21.9 Å². The van der Waals surface area contributed by atoms with E-state index in [1.54, 1.807) is 6.92 Å². The minimum atomic E-state index is -1.42. The molecule has 0 aliphatic carbocycles. The summed E-state index contributed by atoms with van der Waals surface area (Å²) in [4.78, 5) is 3.98. The van der Waals surface area contributed by atoms with E-state index in [0.29, 0.717) is 10.3 Å². The molecule has 0 aromatic carbocycles. The Balaban J connectivity index is 3.08. The molecule has 1 atom stereocenters. The zero-order chi connectivity index (χ0) is 13.2. The van der Waals surface area contributed by atoms with E-state index in [0.717, 1.165) is 0 Å². The lowest BCUT2D eigenvalue weighted by Crippen LogP contribution is -2.27. The smallest absolute Gasteiger partial charge is 0.150 e. The standard InChI is InChI=1S/C11H14BrFN2OS/c1-7(15-17(16)11(2,3)4)10-8(13)5-6-9(12)14-10/h5-6H,1-4H3/t17-/m1/s1. The Morgan fingerprint density at radius 3 is 2.59 bits per heavy atom. The van der Waals surface area contributed by atoms with Crippen LogP contribution in [-0.4, -0.2) is 20.0 Å². The van der Waals surface area contributed by atoms with Crippen LogP contribution in [0.1, 0.15) is 33.4 Å². The lowest BCUT2D eigenvalue weighted by Gasteiger charge is -2.18. The minimum Gasteiger partial charge on any atom is -0.591 e. The molecule has 0 radical (unpaired) electrons. The fourth-order valence-electron chi connectivity index (χ4n) is 0.977. The van der Waals surface area contributed by atoms with Crippen LogP contribution >= 0.6 is 15.9 Å². The van der Waals surface area contributed by atoms with Gasteiger partial charge in [0, 0.05) is 0 Å². The Kier molecular flexibility index (Phi) is 4.69. The molecule has 1 aromatic rings. The van der Waals surface area contributed by atoms with Crippen molar-refractivity contribution >= 4 is 33.0 Å². The summed E-state index contributed by atoms with van der Waals surface area (Å²) in [5, 5.41) is 0. The van der Waals surface area contributed by atoms with E-state index in [1.165, 1.54) is 12.1 Å². The molecular formula is C11H14BrFN2OS. The Morgan fingerprint density at radius 2 is 2.06 bits per heavy atom. The van der Waals surface area contributed by atoms with E-state index in [9.17, 15) is 8.94 Å². The van der Waals surface area contributed by atoms with Crippen LogP contribution in [0.25, 0.3) is 0 Å². The fraction of sp³-hybridized carbons (Fsp3) is 0.455. The topological polar surface area (TPSA) is 48.3 Å². The molecule has 0 aliphatic rings. The van der Waals surface area contributed by atoms with Crippen molar-refractivity contribution in [1.82, 2.24) is 4.98 Å². The van der Waals surface area contributed by atoms with Crippen molar-refractivity contribution in [2.45, 2.75) is 32.4 Å². The number of hydrogen-bond donors (Lipinski definition) is 0. The zero-order valence-electron chi connectivity index (χ0n) is 10.1. The van der Waals surface area contributed by atoms with E-state index in [2.05, 4.69) is 25.3 Å². The second kappa shape index (κ2) is 5.46. The summed E-state index contributed by atoms with van der Waals surface area (Å²) in [6.45, 7) is 7.03. The van der Waals surface area contributed by atoms with Crippen molar-refractivity contribution in [3.63, 3.8) is 0 Å². The third-order valence-electron chi connectivity index (χ3n) is 1.90. The van der Waals surface area contributed by atoms with Crippen molar-refractivity contribution in [1.29, 1.82) is 0 Å². The van der Waals surface area contributed by atoms with E-state index in [4.69, 9.17) is 0 Å². The second-order valence-corrected chi connectivity index (χ2v) is 7.22. The maximum absolute atomic E-state index is 13.5. The number of aromatic nitrogens is 1. The average molecular weight is 321 g/mol. The van der Waals surface area contributed by atoms with Crippen LogP contribution in [0.15, 0.2) is 21.1 Å². The lowest BCUT2D eigenvalue weighted by atomic mass is 10.2. The van der Waals surface area contributed by atoms with Gasteiger partial charge in [-0.2, -0.15) is 0 Å². The Morgan fingerprint density at radius 1 is 1.47 bits per heavy atom. The van der Waals surface area contributed by atoms with Gasteiger partial charge in [-0.25, -0.2) is 9.37 Å². The van der Waals surface area contributed by atoms with Gasteiger partial charge in [-0.05, 0) is 55.8 Å². The number of rotatable bonds is 2. The van der Waals surface area contributed by atoms with Gasteiger partial charge >= 0.3 is 0 Å². The highest BCUT2D eigenvalue weighted by molar-refractivity contribution is 9.10. The summed E-state index contributed by atoms with van der Waals surface area (Å²) in [5.41, 5.74) is 0.453. The predicted molar refractivity (Wildman–Crippen MR) is 72.0 cm³/mol. The average Bonchev–Trinajstić information content (AvgIpc) is 2.20. The van der Waals surface area contributed by atoms with Gasteiger partial charge in [0.25, 0.3) is 0 Å². The molecule has 6 heteroatoms. The molecule has 0 bridgehead atoms. The van der Waals surface area contributed by atoms with Crippen LogP contribution in [0.3, 0.4) is 0 Å². The molecule has 0 spiro atoms. The molecule has 0 unspecified atom stereocenters. The van der Waals surface area contributed by atoms with Crippen LogP contribution in [0.5, 0.6) is 0 Å². The van der Waals surface area contributed by atoms with Gasteiger partial charge in [0.05, 0.1) is 0 Å². The molecule has 1 rings (SSSR count). The van der Waals surface area contributed by atoms with Crippen LogP contribution in [0.4, 0.5) is 4.39 Å². The van der Waals surface area contributed by atoms with E-state index in [1.807, 2.05) is 20.8 Å². The van der Waals surface area contributed by atoms with Gasteiger partial charge in [-0.1, -0.05) is 4.40 Å². The Hall–Kier alpha value is -0.460. The zero-order valence-corrected chi connectivity index (χ0v) is 12.5. The predicted octanol–water partition coefficient (Wildman–Crippen LogP) is 3.25. The summed E-state index contributed by atoms with van der Waals surface area (Å²) < 4.78 is 29.3. The number of hydrogen-bond acceptors (Lipinski definition) is 3. The van der Waals surface area contributed by atoms with Gasteiger partial charge in [-0.15, -0.1) is 0 Å². The number of nitrogens with zero attached hydrogens (tertiary/aromatic N) is 2. The first kappa shape index (κ1) is 14.6. The molecule has 0 N–H and O–H groups in total. The van der Waals surface area contributed by atoms with Crippen LogP contribution < -0.4 is 0 Å². The molecule has 1 aromatic heterocycles. The molecule has 0 saturated carbocycles. The van der Waals surface area contributed by atoms with Crippen LogP contribution in [0, 0.1) is 5.82 Å². The third-order valence-corrected chi connectivity index (χ3v) is 3.83. The molecule has 0 fully saturated rings. The Labute approximate surface area is 112 Å². The Bertz CT molecular complexity index is 446. The van der Waals surface area contributed by atoms with Gasteiger partial charge in [-0.3, -0.25) is 0 Å². The highest BCUT2D eigenvalue weighted by atomic mass is 79.9. The highest BCUT2D eigenvalue weighted by Gasteiger charge is 2.27. The van der Waals surface area contributed by atoms with E-state index >= 15 is 0 Å². The van der Waals surface area contributed by atoms with Crippen LogP contribution in [0.2, 0.25) is 0 Å². The third kappa shape index (κ3) is 4.04. The van der Waals surface area contributed by atoms with Gasteiger partial charge in [0.1, 0.15) is 32.1 Å². The molecule has 17 heavy (non-hydrogen) atoms. The maximum atomic E-state index is 13.5. The number of halogens is 2. The van der Waals surface area contributed by atoms with Crippen LogP contribution in [-0.2, 0) is 11.4 Å². The molecule has 1 heterocycles. The number of pyridine rings is 1. The van der Waals surface area contributed by atoms with Gasteiger partial charge in [0.2, 0.25) is 0 Å². The van der Waals surface area contributed by atoms with Crippen molar-refractivity contribution in [3.05, 3.63) is 28.2 Å². The van der Waals surface area contributed by atoms with Crippen molar-refractivity contribution in [2.75, 3.05) is 0 Å². The summed E-state index contributed by atoms with van der Waals surface area (Å²) in [5.74, 6) is -0.472. The van der Waals surface area contributed by atoms with Gasteiger partial charge in [0.15, 0.2) is 5.82 Å². The molecule has 3 nitrogen and oxygen atoms in total. The van der Waals surface area contributed by atoms with Crippen molar-refractivity contribution in [3.8, 4) is 0 Å². The van der Waals surface area contributed by atoms with Gasteiger partial charge < -0.3 is 4.55 Å². The normalized spacial score (nSPS) is 14.9. The first-order valence-corrected chi connectivity index (χ1v) is 6.91. The SMILES string of the molecule is CC(=N[S@+]([O-])C(C)(C)C)c1nc(Br)ccc1F. The summed E-state index contributed by atoms with van der Waals surface area (Å²) in [7, 11) is 0. The fourth-order valence-corrected chi connectivity index (χ4v) is 1.90. The molecule has 0 aliphatic heterocycles. The lowest BCUT2D eigenvalue weighted by molar-refractivity contribution is 0.561. The van der Waals surface area contributed by atoms with Crippen molar-refractivity contribution in [2.24, 2.45) is 4.40 Å². The quantitative estimate of drug-likeness (QED) is 0.477. The maximum Gasteiger partial charge on any atom is 0.150 e. The molecule has 94 valence electrons. The second-order valence-electron chi connectivity index (χ2n) is 4.50. The summed E-state index contributed by atoms with van der Waals surface area (Å²) in [6.07, 6.45) is 0. The molecular weight excluding hydrogens is 307 g/mol.